The number of hydrogen-bond donors (Lipinski definition) is 1. The third kappa shape index (κ3) is 3.21. The highest BCUT2D eigenvalue weighted by Gasteiger charge is 2.26. The number of nitrogens with zero attached hydrogens (tertiary/aromatic N) is 1. The van der Waals surface area contributed by atoms with Gasteiger partial charge in [0, 0.05) is 20.2 Å². The summed E-state index contributed by atoms with van der Waals surface area (Å²) in [6.07, 6.45) is -0.698. The summed E-state index contributed by atoms with van der Waals surface area (Å²) in [5, 5.41) is 9.18. The van der Waals surface area contributed by atoms with Crippen molar-refractivity contribution in [3.63, 3.8) is 0 Å². The summed E-state index contributed by atoms with van der Waals surface area (Å²) in [4.78, 5) is 1.90. The Labute approximate surface area is 78.5 Å². The molecule has 78 valence electrons. The van der Waals surface area contributed by atoms with E-state index in [0.717, 1.165) is 13.0 Å². The van der Waals surface area contributed by atoms with E-state index in [9.17, 15) is 9.50 Å². The van der Waals surface area contributed by atoms with E-state index < -0.39 is 12.5 Å². The van der Waals surface area contributed by atoms with Crippen LogP contribution in [0, 0.1) is 5.92 Å². The Morgan fingerprint density at radius 1 is 1.69 bits per heavy atom. The zero-order valence-corrected chi connectivity index (χ0v) is 8.24. The molecular formula is C9H18FNO2. The van der Waals surface area contributed by atoms with Gasteiger partial charge in [0.25, 0.3) is 0 Å². The highest BCUT2D eigenvalue weighted by atomic mass is 19.1. The molecule has 0 aliphatic carbocycles. The molecule has 4 heteroatoms. The first-order chi connectivity index (χ1) is 6.13. The number of alkyl halides is 1. The Kier molecular flexibility index (Phi) is 4.09. The monoisotopic (exact) mass is 191 g/mol. The van der Waals surface area contributed by atoms with E-state index >= 15 is 0 Å². The van der Waals surface area contributed by atoms with Crippen molar-refractivity contribution in [2.45, 2.75) is 25.8 Å². The van der Waals surface area contributed by atoms with E-state index in [-0.39, 0.29) is 5.92 Å². The number of piperidine rings is 1. The quantitative estimate of drug-likeness (QED) is 0.664. The standard InChI is InChI=1S/C9H18FNO2/c1-7-3-4-11(5-8(7)10)6-9(12)13-2/h7-9,12H,3-6H2,1-2H3. The van der Waals surface area contributed by atoms with Crippen LogP contribution >= 0.6 is 0 Å². The van der Waals surface area contributed by atoms with E-state index in [2.05, 4.69) is 0 Å². The Morgan fingerprint density at radius 2 is 2.38 bits per heavy atom. The molecule has 0 aromatic carbocycles. The van der Waals surface area contributed by atoms with Crippen LogP contribution in [0.5, 0.6) is 0 Å². The summed E-state index contributed by atoms with van der Waals surface area (Å²) < 4.78 is 17.9. The normalized spacial score (nSPS) is 33.2. The first kappa shape index (κ1) is 10.9. The molecule has 1 rings (SSSR count). The second kappa shape index (κ2) is 4.88. The van der Waals surface area contributed by atoms with Gasteiger partial charge in [0.05, 0.1) is 0 Å². The summed E-state index contributed by atoms with van der Waals surface area (Å²) in [6.45, 7) is 3.60. The molecule has 0 bridgehead atoms. The molecule has 1 fully saturated rings. The molecule has 13 heavy (non-hydrogen) atoms. The first-order valence-electron chi connectivity index (χ1n) is 4.70. The molecule has 1 saturated heterocycles. The van der Waals surface area contributed by atoms with Gasteiger partial charge in [-0.05, 0) is 18.9 Å². The molecule has 1 N–H and O–H groups in total. The molecule has 3 unspecified atom stereocenters. The topological polar surface area (TPSA) is 32.7 Å². The molecular weight excluding hydrogens is 173 g/mol. The number of aliphatic hydroxyl groups is 1. The lowest BCUT2D eigenvalue weighted by molar-refractivity contribution is -0.0975. The zero-order valence-electron chi connectivity index (χ0n) is 8.24. The van der Waals surface area contributed by atoms with Crippen molar-refractivity contribution < 1.29 is 14.2 Å². The second-order valence-corrected chi connectivity index (χ2v) is 3.73. The van der Waals surface area contributed by atoms with Crippen LogP contribution in [-0.4, -0.2) is 49.2 Å². The minimum Gasteiger partial charge on any atom is -0.367 e. The molecule has 0 saturated carbocycles. The SMILES string of the molecule is COC(O)CN1CCC(C)C(F)C1. The maximum Gasteiger partial charge on any atom is 0.166 e. The molecule has 1 heterocycles. The Hall–Kier alpha value is -0.190. The fourth-order valence-electron chi connectivity index (χ4n) is 1.55. The van der Waals surface area contributed by atoms with Crippen molar-refractivity contribution in [3.8, 4) is 0 Å². The lowest BCUT2D eigenvalue weighted by Gasteiger charge is -2.33. The van der Waals surface area contributed by atoms with Crippen molar-refractivity contribution in [1.29, 1.82) is 0 Å². The van der Waals surface area contributed by atoms with Gasteiger partial charge in [-0.2, -0.15) is 0 Å². The number of β-amino-alcohol motifs (C(OH)–C–C–N with tert-alkyl or cyclic N) is 1. The molecule has 0 aromatic rings. The van der Waals surface area contributed by atoms with Gasteiger partial charge in [0.15, 0.2) is 6.29 Å². The molecule has 1 aliphatic heterocycles. The summed E-state index contributed by atoms with van der Waals surface area (Å²) >= 11 is 0. The van der Waals surface area contributed by atoms with Gasteiger partial charge in [-0.25, -0.2) is 4.39 Å². The minimum atomic E-state index is -0.791. The molecule has 0 spiro atoms. The molecule has 3 atom stereocenters. The van der Waals surface area contributed by atoms with Crippen LogP contribution in [0.3, 0.4) is 0 Å². The molecule has 0 radical (unpaired) electrons. The van der Waals surface area contributed by atoms with Crippen LogP contribution in [0.15, 0.2) is 0 Å². The van der Waals surface area contributed by atoms with Gasteiger partial charge in [-0.15, -0.1) is 0 Å². The van der Waals surface area contributed by atoms with Gasteiger partial charge in [-0.1, -0.05) is 6.92 Å². The summed E-state index contributed by atoms with van der Waals surface area (Å²) in [7, 11) is 1.45. The van der Waals surface area contributed by atoms with Gasteiger partial charge < -0.3 is 9.84 Å². The average molecular weight is 191 g/mol. The van der Waals surface area contributed by atoms with Crippen molar-refractivity contribution in [3.05, 3.63) is 0 Å². The van der Waals surface area contributed by atoms with Gasteiger partial charge in [-0.3, -0.25) is 4.90 Å². The third-order valence-corrected chi connectivity index (χ3v) is 2.64. The maximum atomic E-state index is 13.2. The van der Waals surface area contributed by atoms with Crippen molar-refractivity contribution in [2.75, 3.05) is 26.7 Å². The number of methoxy groups -OCH3 is 1. The Bertz CT molecular complexity index is 155. The summed E-state index contributed by atoms with van der Waals surface area (Å²) in [5.74, 6) is 0.149. The number of ether oxygens (including phenoxy) is 1. The smallest absolute Gasteiger partial charge is 0.166 e. The second-order valence-electron chi connectivity index (χ2n) is 3.73. The highest BCUT2D eigenvalue weighted by Crippen LogP contribution is 2.19. The molecule has 0 amide bonds. The van der Waals surface area contributed by atoms with Crippen LogP contribution in [0.25, 0.3) is 0 Å². The van der Waals surface area contributed by atoms with E-state index in [1.54, 1.807) is 0 Å². The van der Waals surface area contributed by atoms with Gasteiger partial charge >= 0.3 is 0 Å². The van der Waals surface area contributed by atoms with Crippen molar-refractivity contribution in [2.24, 2.45) is 5.92 Å². The number of hydrogen-bond acceptors (Lipinski definition) is 3. The predicted molar refractivity (Wildman–Crippen MR) is 48.1 cm³/mol. The van der Waals surface area contributed by atoms with Crippen molar-refractivity contribution >= 4 is 0 Å². The van der Waals surface area contributed by atoms with Gasteiger partial charge in [0.2, 0.25) is 0 Å². The van der Waals surface area contributed by atoms with Crippen LogP contribution in [0.2, 0.25) is 0 Å². The van der Waals surface area contributed by atoms with E-state index in [4.69, 9.17) is 4.74 Å². The minimum absolute atomic E-state index is 0.149. The zero-order chi connectivity index (χ0) is 9.84. The van der Waals surface area contributed by atoms with E-state index in [0.29, 0.717) is 13.1 Å². The number of likely N-dealkylation sites (tertiary alicyclic amines) is 1. The van der Waals surface area contributed by atoms with Crippen LogP contribution in [0.1, 0.15) is 13.3 Å². The number of rotatable bonds is 3. The number of halogens is 1. The van der Waals surface area contributed by atoms with E-state index in [1.165, 1.54) is 7.11 Å². The van der Waals surface area contributed by atoms with Crippen LogP contribution < -0.4 is 0 Å². The predicted octanol–water partition coefficient (Wildman–Crippen LogP) is 0.631. The average Bonchev–Trinajstić information content (AvgIpc) is 2.11. The number of aliphatic hydroxyl groups excluding tert-OH is 1. The van der Waals surface area contributed by atoms with Crippen LogP contribution in [0.4, 0.5) is 4.39 Å². The first-order valence-corrected chi connectivity index (χ1v) is 4.70. The third-order valence-electron chi connectivity index (χ3n) is 2.64. The molecule has 1 aliphatic rings. The largest absolute Gasteiger partial charge is 0.367 e. The maximum absolute atomic E-state index is 13.2. The lowest BCUT2D eigenvalue weighted by Crippen LogP contribution is -2.44. The lowest BCUT2D eigenvalue weighted by atomic mass is 9.97. The fraction of sp³-hybridized carbons (Fsp3) is 1.00. The molecule has 0 aromatic heterocycles. The Balaban J connectivity index is 2.29. The van der Waals surface area contributed by atoms with Crippen LogP contribution in [-0.2, 0) is 4.74 Å². The van der Waals surface area contributed by atoms with E-state index in [1.807, 2.05) is 11.8 Å². The van der Waals surface area contributed by atoms with Gasteiger partial charge in [0.1, 0.15) is 6.17 Å². The van der Waals surface area contributed by atoms with Crippen molar-refractivity contribution in [1.82, 2.24) is 4.90 Å². The highest BCUT2D eigenvalue weighted by molar-refractivity contribution is 4.77. The molecule has 3 nitrogen and oxygen atoms in total. The Morgan fingerprint density at radius 3 is 2.92 bits per heavy atom. The summed E-state index contributed by atoms with van der Waals surface area (Å²) in [5.41, 5.74) is 0. The summed E-state index contributed by atoms with van der Waals surface area (Å²) in [6, 6.07) is 0. The fourth-order valence-corrected chi connectivity index (χ4v) is 1.55.